The van der Waals surface area contributed by atoms with Crippen molar-refractivity contribution >= 4 is 17.5 Å². The number of halogens is 1. The van der Waals surface area contributed by atoms with Crippen LogP contribution in [0.15, 0.2) is 30.5 Å². The average molecular weight is 322 g/mol. The van der Waals surface area contributed by atoms with Gasteiger partial charge in [0.1, 0.15) is 11.4 Å². The van der Waals surface area contributed by atoms with Gasteiger partial charge in [-0.15, -0.1) is 0 Å². The van der Waals surface area contributed by atoms with Crippen LogP contribution in [-0.4, -0.2) is 21.7 Å². The summed E-state index contributed by atoms with van der Waals surface area (Å²) >= 11 is 5.97. The fourth-order valence-corrected chi connectivity index (χ4v) is 1.92. The van der Waals surface area contributed by atoms with E-state index in [1.54, 1.807) is 29.1 Å². The Hall–Kier alpha value is -2.01. The van der Waals surface area contributed by atoms with Crippen LogP contribution in [0.5, 0.6) is 5.75 Å². The molecule has 0 spiro atoms. The van der Waals surface area contributed by atoms with Crippen LogP contribution < -0.4 is 10.1 Å². The maximum atomic E-state index is 11.9. The highest BCUT2D eigenvalue weighted by Crippen LogP contribution is 2.21. The average Bonchev–Trinajstić information content (AvgIpc) is 2.97. The van der Waals surface area contributed by atoms with Crippen LogP contribution in [-0.2, 0) is 6.73 Å². The van der Waals surface area contributed by atoms with Gasteiger partial charge in [0.15, 0.2) is 6.73 Å². The number of carbonyl (C=O) groups excluding carboxylic acids is 1. The molecule has 1 unspecified atom stereocenters. The third-order valence-electron chi connectivity index (χ3n) is 3.36. The van der Waals surface area contributed by atoms with Gasteiger partial charge < -0.3 is 10.1 Å². The molecular formula is C16H20ClN3O2. The highest BCUT2D eigenvalue weighted by Gasteiger charge is 2.11. The number of ether oxygens (including phenoxy) is 1. The maximum absolute atomic E-state index is 11.9. The summed E-state index contributed by atoms with van der Waals surface area (Å²) in [6, 6.07) is 7.26. The van der Waals surface area contributed by atoms with Gasteiger partial charge in [-0.3, -0.25) is 4.79 Å². The molecule has 0 fully saturated rings. The molecule has 1 heterocycles. The van der Waals surface area contributed by atoms with Crippen LogP contribution in [0.2, 0.25) is 5.02 Å². The van der Waals surface area contributed by atoms with E-state index < -0.39 is 0 Å². The number of aromatic nitrogens is 2. The summed E-state index contributed by atoms with van der Waals surface area (Å²) in [4.78, 5) is 11.9. The van der Waals surface area contributed by atoms with E-state index in [0.717, 1.165) is 12.0 Å². The Balaban J connectivity index is 1.94. The third-order valence-corrected chi connectivity index (χ3v) is 3.78. The number of carbonyl (C=O) groups is 1. The summed E-state index contributed by atoms with van der Waals surface area (Å²) in [5.74, 6) is 0.540. The zero-order valence-electron chi connectivity index (χ0n) is 13.0. The summed E-state index contributed by atoms with van der Waals surface area (Å²) in [6.45, 7) is 6.13. The Morgan fingerprint density at radius 2 is 2.23 bits per heavy atom. The Labute approximate surface area is 135 Å². The lowest BCUT2D eigenvalue weighted by Crippen LogP contribution is -2.32. The van der Waals surface area contributed by atoms with Crippen LogP contribution in [0, 0.1) is 6.92 Å². The molecule has 1 N–H and O–H groups in total. The molecule has 0 saturated carbocycles. The van der Waals surface area contributed by atoms with E-state index in [2.05, 4.69) is 10.4 Å². The first-order valence-corrected chi connectivity index (χ1v) is 7.60. The molecule has 0 aliphatic heterocycles. The Bertz CT molecular complexity index is 655. The van der Waals surface area contributed by atoms with Gasteiger partial charge in [-0.2, -0.15) is 5.10 Å². The monoisotopic (exact) mass is 321 g/mol. The third kappa shape index (κ3) is 4.24. The largest absolute Gasteiger partial charge is 0.471 e. The van der Waals surface area contributed by atoms with E-state index in [9.17, 15) is 4.79 Å². The van der Waals surface area contributed by atoms with E-state index in [1.165, 1.54) is 0 Å². The fraction of sp³-hybridized carbons (Fsp3) is 0.375. The fourth-order valence-electron chi connectivity index (χ4n) is 1.80. The lowest BCUT2D eigenvalue weighted by Gasteiger charge is -2.09. The van der Waals surface area contributed by atoms with Crippen LogP contribution in [0.3, 0.4) is 0 Å². The van der Waals surface area contributed by atoms with E-state index >= 15 is 0 Å². The Kier molecular flexibility index (Phi) is 5.44. The predicted molar refractivity (Wildman–Crippen MR) is 86.3 cm³/mol. The van der Waals surface area contributed by atoms with E-state index in [0.29, 0.717) is 16.5 Å². The van der Waals surface area contributed by atoms with Crippen LogP contribution in [0.1, 0.15) is 36.3 Å². The Morgan fingerprint density at radius 1 is 1.45 bits per heavy atom. The lowest BCUT2D eigenvalue weighted by molar-refractivity contribution is 0.0932. The molecule has 0 aliphatic carbocycles. The minimum absolute atomic E-state index is 0.131. The maximum Gasteiger partial charge on any atom is 0.271 e. The van der Waals surface area contributed by atoms with Crippen molar-refractivity contribution in [3.05, 3.63) is 46.7 Å². The SMILES string of the molecule is CCC(C)NC(=O)c1ccn(COc2ccc(Cl)c(C)c2)n1. The number of benzene rings is 1. The summed E-state index contributed by atoms with van der Waals surface area (Å²) in [7, 11) is 0. The lowest BCUT2D eigenvalue weighted by atomic mass is 10.2. The molecule has 1 aromatic carbocycles. The molecule has 118 valence electrons. The van der Waals surface area contributed by atoms with Gasteiger partial charge in [0.25, 0.3) is 5.91 Å². The van der Waals surface area contributed by atoms with Gasteiger partial charge in [0, 0.05) is 17.3 Å². The first-order chi connectivity index (χ1) is 10.5. The standard InChI is InChI=1S/C16H20ClN3O2/c1-4-12(3)18-16(21)15-7-8-20(19-15)10-22-13-5-6-14(17)11(2)9-13/h5-9,12H,4,10H2,1-3H3,(H,18,21). The van der Waals surface area contributed by atoms with Crippen molar-refractivity contribution in [3.63, 3.8) is 0 Å². The Morgan fingerprint density at radius 3 is 2.91 bits per heavy atom. The number of amides is 1. The summed E-state index contributed by atoms with van der Waals surface area (Å²) in [5.41, 5.74) is 1.34. The molecule has 0 radical (unpaired) electrons. The minimum Gasteiger partial charge on any atom is -0.471 e. The number of nitrogens with zero attached hydrogens (tertiary/aromatic N) is 2. The molecule has 0 aliphatic rings. The molecule has 22 heavy (non-hydrogen) atoms. The van der Waals surface area contributed by atoms with E-state index in [1.807, 2.05) is 26.8 Å². The predicted octanol–water partition coefficient (Wildman–Crippen LogP) is 3.41. The van der Waals surface area contributed by atoms with Crippen LogP contribution >= 0.6 is 11.6 Å². The summed E-state index contributed by atoms with van der Waals surface area (Å²) < 4.78 is 7.21. The normalized spacial score (nSPS) is 12.0. The van der Waals surface area contributed by atoms with Crippen molar-refractivity contribution in [1.29, 1.82) is 0 Å². The minimum atomic E-state index is -0.171. The number of rotatable bonds is 6. The first kappa shape index (κ1) is 16.4. The highest BCUT2D eigenvalue weighted by atomic mass is 35.5. The van der Waals surface area contributed by atoms with Crippen molar-refractivity contribution in [1.82, 2.24) is 15.1 Å². The van der Waals surface area contributed by atoms with Gasteiger partial charge in [-0.1, -0.05) is 18.5 Å². The van der Waals surface area contributed by atoms with E-state index in [-0.39, 0.29) is 18.7 Å². The second-order valence-electron chi connectivity index (χ2n) is 5.21. The molecule has 1 atom stereocenters. The van der Waals surface area contributed by atoms with Gasteiger partial charge in [0.2, 0.25) is 0 Å². The van der Waals surface area contributed by atoms with Gasteiger partial charge in [-0.25, -0.2) is 4.68 Å². The van der Waals surface area contributed by atoms with Gasteiger partial charge in [0.05, 0.1) is 0 Å². The van der Waals surface area contributed by atoms with Crippen LogP contribution in [0.25, 0.3) is 0 Å². The van der Waals surface area contributed by atoms with Gasteiger partial charge in [-0.05, 0) is 50.1 Å². The second-order valence-corrected chi connectivity index (χ2v) is 5.61. The number of aryl methyl sites for hydroxylation is 1. The number of hydrogen-bond acceptors (Lipinski definition) is 3. The quantitative estimate of drug-likeness (QED) is 0.887. The topological polar surface area (TPSA) is 56.2 Å². The molecule has 2 aromatic rings. The molecule has 5 nitrogen and oxygen atoms in total. The van der Waals surface area contributed by atoms with Crippen molar-refractivity contribution in [2.24, 2.45) is 0 Å². The van der Waals surface area contributed by atoms with Crippen molar-refractivity contribution in [2.75, 3.05) is 0 Å². The molecular weight excluding hydrogens is 302 g/mol. The molecule has 0 bridgehead atoms. The highest BCUT2D eigenvalue weighted by molar-refractivity contribution is 6.31. The smallest absolute Gasteiger partial charge is 0.271 e. The second kappa shape index (κ2) is 7.31. The molecule has 1 aromatic heterocycles. The van der Waals surface area contributed by atoms with Crippen molar-refractivity contribution in [3.8, 4) is 5.75 Å². The van der Waals surface area contributed by atoms with Crippen molar-refractivity contribution in [2.45, 2.75) is 40.0 Å². The van der Waals surface area contributed by atoms with Gasteiger partial charge >= 0.3 is 0 Å². The zero-order valence-corrected chi connectivity index (χ0v) is 13.7. The summed E-state index contributed by atoms with van der Waals surface area (Å²) in [6.07, 6.45) is 2.60. The molecule has 0 saturated heterocycles. The molecule has 1 amide bonds. The molecule has 2 rings (SSSR count). The first-order valence-electron chi connectivity index (χ1n) is 7.23. The van der Waals surface area contributed by atoms with E-state index in [4.69, 9.17) is 16.3 Å². The number of hydrogen-bond donors (Lipinski definition) is 1. The zero-order chi connectivity index (χ0) is 16.1. The van der Waals surface area contributed by atoms with Crippen LogP contribution in [0.4, 0.5) is 0 Å². The molecule has 6 heteroatoms. The van der Waals surface area contributed by atoms with Crippen molar-refractivity contribution < 1.29 is 9.53 Å². The number of nitrogens with one attached hydrogen (secondary N) is 1. The summed E-state index contributed by atoms with van der Waals surface area (Å²) in [5, 5.41) is 7.79.